The van der Waals surface area contributed by atoms with E-state index >= 15 is 0 Å². The number of carbonyl (C=O) groups excluding carboxylic acids is 2. The average Bonchev–Trinajstić information content (AvgIpc) is 3.55. The molecule has 1 saturated carbocycles. The van der Waals surface area contributed by atoms with Crippen molar-refractivity contribution in [3.63, 3.8) is 0 Å². The highest BCUT2D eigenvalue weighted by Crippen LogP contribution is 2.56. The van der Waals surface area contributed by atoms with Gasteiger partial charge in [-0.05, 0) is 62.5 Å². The Kier molecular flexibility index (Phi) is 6.17. The number of carbonyl (C=O) groups is 2. The molecule has 1 spiro atoms. The van der Waals surface area contributed by atoms with Crippen LogP contribution in [0.15, 0.2) is 24.3 Å². The molecule has 4 rings (SSSR count). The third kappa shape index (κ3) is 4.39. The quantitative estimate of drug-likeness (QED) is 0.747. The van der Waals surface area contributed by atoms with Crippen LogP contribution >= 0.6 is 0 Å². The summed E-state index contributed by atoms with van der Waals surface area (Å²) >= 11 is 0. The van der Waals surface area contributed by atoms with Gasteiger partial charge in [-0.25, -0.2) is 0 Å². The monoisotopic (exact) mass is 425 g/mol. The smallest absolute Gasteiger partial charge is 0.245 e. The van der Waals surface area contributed by atoms with Crippen LogP contribution in [0.4, 0.5) is 0 Å². The Morgan fingerprint density at radius 2 is 1.58 bits per heavy atom. The third-order valence-corrected chi connectivity index (χ3v) is 7.74. The topological polar surface area (TPSA) is 52.7 Å². The molecule has 170 valence electrons. The van der Waals surface area contributed by atoms with Crippen LogP contribution in [0.2, 0.25) is 0 Å². The number of piperidine rings is 1. The van der Waals surface area contributed by atoms with E-state index in [4.69, 9.17) is 0 Å². The summed E-state index contributed by atoms with van der Waals surface area (Å²) in [7, 11) is 0. The predicted octanol–water partition coefficient (Wildman–Crippen LogP) is 4.10. The molecule has 2 heterocycles. The number of likely N-dealkylation sites (tertiary alicyclic amines) is 2. The van der Waals surface area contributed by atoms with Gasteiger partial charge in [-0.2, -0.15) is 0 Å². The van der Waals surface area contributed by atoms with Crippen LogP contribution in [0.25, 0.3) is 0 Å². The van der Waals surface area contributed by atoms with E-state index in [1.807, 2.05) is 18.7 Å². The van der Waals surface area contributed by atoms with Gasteiger partial charge in [-0.15, -0.1) is 0 Å². The summed E-state index contributed by atoms with van der Waals surface area (Å²) < 4.78 is 0. The van der Waals surface area contributed by atoms with Gasteiger partial charge in [0.25, 0.3) is 0 Å². The Hall–Kier alpha value is -1.88. The van der Waals surface area contributed by atoms with Crippen molar-refractivity contribution < 1.29 is 9.59 Å². The van der Waals surface area contributed by atoms with E-state index in [0.717, 1.165) is 38.4 Å². The van der Waals surface area contributed by atoms with E-state index in [0.29, 0.717) is 12.1 Å². The molecule has 3 aliphatic rings. The van der Waals surface area contributed by atoms with Gasteiger partial charge in [0.2, 0.25) is 11.8 Å². The lowest BCUT2D eigenvalue weighted by Crippen LogP contribution is -2.65. The second kappa shape index (κ2) is 8.57. The van der Waals surface area contributed by atoms with Crippen LogP contribution in [-0.2, 0) is 9.59 Å². The minimum absolute atomic E-state index is 0.0745. The third-order valence-electron chi connectivity index (χ3n) is 7.74. The minimum Gasteiger partial charge on any atom is -0.344 e. The van der Waals surface area contributed by atoms with Crippen molar-refractivity contribution >= 4 is 11.8 Å². The molecule has 0 radical (unpaired) electrons. The zero-order chi connectivity index (χ0) is 22.3. The second-order valence-corrected chi connectivity index (χ2v) is 10.7. The summed E-state index contributed by atoms with van der Waals surface area (Å²) in [5.41, 5.74) is 3.18. The van der Waals surface area contributed by atoms with Gasteiger partial charge >= 0.3 is 0 Å². The lowest BCUT2D eigenvalue weighted by Gasteiger charge is -2.62. The van der Waals surface area contributed by atoms with Crippen LogP contribution in [0.5, 0.6) is 0 Å². The molecule has 2 atom stereocenters. The predicted molar refractivity (Wildman–Crippen MR) is 124 cm³/mol. The summed E-state index contributed by atoms with van der Waals surface area (Å²) in [6.45, 7) is 12.7. The number of benzene rings is 1. The van der Waals surface area contributed by atoms with Crippen molar-refractivity contribution in [2.24, 2.45) is 11.3 Å². The molecule has 1 N–H and O–H groups in total. The first-order valence-corrected chi connectivity index (χ1v) is 12.1. The van der Waals surface area contributed by atoms with Crippen molar-refractivity contribution in [2.75, 3.05) is 19.6 Å². The van der Waals surface area contributed by atoms with Crippen molar-refractivity contribution in [1.82, 2.24) is 15.1 Å². The summed E-state index contributed by atoms with van der Waals surface area (Å²) in [6.07, 6.45) is 4.74. The Balaban J connectivity index is 1.46. The van der Waals surface area contributed by atoms with E-state index in [1.54, 1.807) is 0 Å². The van der Waals surface area contributed by atoms with Crippen molar-refractivity contribution in [3.8, 4) is 0 Å². The van der Waals surface area contributed by atoms with E-state index in [2.05, 4.69) is 48.3 Å². The first-order valence-electron chi connectivity index (χ1n) is 12.1. The zero-order valence-electron chi connectivity index (χ0n) is 19.9. The van der Waals surface area contributed by atoms with E-state index in [-0.39, 0.29) is 23.1 Å². The van der Waals surface area contributed by atoms with Gasteiger partial charge in [0, 0.05) is 44.1 Å². The molecular formula is C26H39N3O2. The van der Waals surface area contributed by atoms with Crippen molar-refractivity contribution in [2.45, 2.75) is 84.3 Å². The molecule has 5 nitrogen and oxygen atoms in total. The maximum absolute atomic E-state index is 13.1. The number of rotatable bonds is 6. The Bertz CT molecular complexity index is 804. The van der Waals surface area contributed by atoms with E-state index in [1.165, 1.54) is 30.9 Å². The summed E-state index contributed by atoms with van der Waals surface area (Å²) in [5, 5.41) is 2.86. The second-order valence-electron chi connectivity index (χ2n) is 10.7. The van der Waals surface area contributed by atoms with E-state index in [9.17, 15) is 9.59 Å². The van der Waals surface area contributed by atoms with E-state index < -0.39 is 6.04 Å². The molecular weight excluding hydrogens is 386 g/mol. The molecule has 0 bridgehead atoms. The molecule has 1 aromatic rings. The maximum Gasteiger partial charge on any atom is 0.245 e. The zero-order valence-corrected chi connectivity index (χ0v) is 19.9. The lowest BCUT2D eigenvalue weighted by molar-refractivity contribution is -0.151. The van der Waals surface area contributed by atoms with Gasteiger partial charge in [0.05, 0.1) is 0 Å². The Morgan fingerprint density at radius 3 is 2.06 bits per heavy atom. The van der Waals surface area contributed by atoms with Gasteiger partial charge in [0.1, 0.15) is 6.04 Å². The molecule has 5 heteroatoms. The fraction of sp³-hybridized carbons (Fsp3) is 0.692. The first kappa shape index (κ1) is 22.3. The van der Waals surface area contributed by atoms with Crippen LogP contribution in [0.3, 0.4) is 0 Å². The molecule has 2 saturated heterocycles. The molecule has 1 aromatic carbocycles. The summed E-state index contributed by atoms with van der Waals surface area (Å²) in [4.78, 5) is 29.3. The highest BCUT2D eigenvalue weighted by molar-refractivity contribution is 5.87. The standard InChI is InChI=1S/C26H39N3O2/c1-17(2)23(27-19(5)30)25(31)28-14-12-26(13-15-28)16-29(18(3)4)24(26)22-10-8-21(9-11-22)20-6-7-20/h8-11,17-18,20,23-24H,6-7,12-16H2,1-5H3,(H,27,30). The minimum atomic E-state index is -0.425. The van der Waals surface area contributed by atoms with Crippen LogP contribution < -0.4 is 5.32 Å². The van der Waals surface area contributed by atoms with Crippen molar-refractivity contribution in [3.05, 3.63) is 35.4 Å². The molecule has 3 fully saturated rings. The van der Waals surface area contributed by atoms with Crippen molar-refractivity contribution in [1.29, 1.82) is 0 Å². The van der Waals surface area contributed by atoms with Gasteiger partial charge < -0.3 is 10.2 Å². The number of hydrogen-bond donors (Lipinski definition) is 1. The largest absolute Gasteiger partial charge is 0.344 e. The number of nitrogens with one attached hydrogen (secondary N) is 1. The van der Waals surface area contributed by atoms with Gasteiger partial charge in [0.15, 0.2) is 0 Å². The summed E-state index contributed by atoms with van der Waals surface area (Å²) in [5.74, 6) is 0.815. The highest BCUT2D eigenvalue weighted by atomic mass is 16.2. The Labute approximate surface area is 187 Å². The molecule has 1 aliphatic carbocycles. The van der Waals surface area contributed by atoms with Crippen LogP contribution in [0.1, 0.15) is 83.4 Å². The SMILES string of the molecule is CC(=O)NC(C(=O)N1CCC2(CC1)CN(C(C)C)C2c1ccc(C2CC2)cc1)C(C)C. The molecule has 0 aromatic heterocycles. The molecule has 31 heavy (non-hydrogen) atoms. The summed E-state index contributed by atoms with van der Waals surface area (Å²) in [6, 6.07) is 9.94. The number of hydrogen-bond acceptors (Lipinski definition) is 3. The fourth-order valence-electron chi connectivity index (χ4n) is 5.71. The normalized spacial score (nSPS) is 24.4. The fourth-order valence-corrected chi connectivity index (χ4v) is 5.71. The number of nitrogens with zero attached hydrogens (tertiary/aromatic N) is 2. The maximum atomic E-state index is 13.1. The molecule has 2 unspecified atom stereocenters. The molecule has 2 amide bonds. The van der Waals surface area contributed by atoms with Gasteiger partial charge in [-0.1, -0.05) is 38.1 Å². The highest BCUT2D eigenvalue weighted by Gasteiger charge is 2.55. The van der Waals surface area contributed by atoms with Gasteiger partial charge in [-0.3, -0.25) is 14.5 Å². The Morgan fingerprint density at radius 1 is 1.00 bits per heavy atom. The average molecular weight is 426 g/mol. The number of amides is 2. The van der Waals surface area contributed by atoms with Crippen LogP contribution in [0, 0.1) is 11.3 Å². The van der Waals surface area contributed by atoms with Crippen LogP contribution in [-0.4, -0.2) is 53.3 Å². The lowest BCUT2D eigenvalue weighted by atomic mass is 9.62. The molecule has 2 aliphatic heterocycles. The first-order chi connectivity index (χ1) is 14.7.